The molecular weight excluding hydrogens is 633 g/mol. The van der Waals surface area contributed by atoms with Crippen LogP contribution in [-0.4, -0.2) is 74.7 Å². The number of carbonyl (C=O) groups excluding carboxylic acids is 4. The van der Waals surface area contributed by atoms with Crippen molar-refractivity contribution in [1.29, 1.82) is 0 Å². The van der Waals surface area contributed by atoms with E-state index in [0.29, 0.717) is 33.8 Å². The highest BCUT2D eigenvalue weighted by Crippen LogP contribution is 2.33. The molecule has 0 aliphatic carbocycles. The van der Waals surface area contributed by atoms with Gasteiger partial charge in [0, 0.05) is 43.2 Å². The highest BCUT2D eigenvalue weighted by molar-refractivity contribution is 6.05. The molecular formula is C37H34FN3O8. The first-order valence-electron chi connectivity index (χ1n) is 15.6. The predicted molar refractivity (Wildman–Crippen MR) is 176 cm³/mol. The quantitative estimate of drug-likeness (QED) is 0.308. The molecule has 1 fully saturated rings. The van der Waals surface area contributed by atoms with Crippen LogP contribution < -0.4 is 24.8 Å². The molecule has 2 atom stereocenters. The fraction of sp³-hybridized carbons (Fsp3) is 0.243. The zero-order valence-corrected chi connectivity index (χ0v) is 26.9. The van der Waals surface area contributed by atoms with Crippen LogP contribution in [0.3, 0.4) is 0 Å². The van der Waals surface area contributed by atoms with Crippen molar-refractivity contribution in [3.05, 3.63) is 113 Å². The second kappa shape index (κ2) is 14.5. The number of nitrogens with one attached hydrogen (secondary N) is 2. The summed E-state index contributed by atoms with van der Waals surface area (Å²) in [4.78, 5) is 54.3. The molecule has 11 nitrogen and oxygen atoms in total. The van der Waals surface area contributed by atoms with Gasteiger partial charge in [0.05, 0.1) is 31.4 Å². The van der Waals surface area contributed by atoms with Crippen LogP contribution in [0.25, 0.3) is 11.1 Å². The van der Waals surface area contributed by atoms with Crippen LogP contribution >= 0.6 is 0 Å². The minimum absolute atomic E-state index is 0.0199. The van der Waals surface area contributed by atoms with Crippen LogP contribution in [0.1, 0.15) is 43.1 Å². The van der Waals surface area contributed by atoms with Crippen LogP contribution in [0.5, 0.6) is 17.2 Å². The van der Waals surface area contributed by atoms with Gasteiger partial charge < -0.3 is 34.5 Å². The van der Waals surface area contributed by atoms with Crippen LogP contribution in [0.2, 0.25) is 0 Å². The van der Waals surface area contributed by atoms with Gasteiger partial charge in [0.15, 0.2) is 6.61 Å². The van der Waals surface area contributed by atoms with Crippen LogP contribution in [0, 0.1) is 5.82 Å². The monoisotopic (exact) mass is 667 g/mol. The summed E-state index contributed by atoms with van der Waals surface area (Å²) in [5.74, 6) is -1.34. The number of ether oxygens (including phenoxy) is 4. The van der Waals surface area contributed by atoms with Crippen LogP contribution in [-0.2, 0) is 16.1 Å². The molecule has 0 saturated carbocycles. The average molecular weight is 668 g/mol. The zero-order valence-electron chi connectivity index (χ0n) is 26.9. The lowest BCUT2D eigenvalue weighted by atomic mass is 9.98. The maximum atomic E-state index is 14.8. The Labute approximate surface area is 281 Å². The maximum Gasteiger partial charge on any atom is 0.338 e. The van der Waals surface area contributed by atoms with Crippen molar-refractivity contribution >= 4 is 23.7 Å². The fourth-order valence-electron chi connectivity index (χ4n) is 5.97. The van der Waals surface area contributed by atoms with Gasteiger partial charge in [-0.3, -0.25) is 14.4 Å². The van der Waals surface area contributed by atoms with E-state index in [0.717, 1.165) is 0 Å². The topological polar surface area (TPSA) is 132 Å². The van der Waals surface area contributed by atoms with Gasteiger partial charge in [-0.2, -0.15) is 0 Å². The Balaban J connectivity index is 1.37. The lowest BCUT2D eigenvalue weighted by molar-refractivity contribution is -0.123. The van der Waals surface area contributed by atoms with E-state index < -0.39 is 41.7 Å². The van der Waals surface area contributed by atoms with Crippen molar-refractivity contribution in [2.75, 3.05) is 33.9 Å². The first kappa shape index (κ1) is 33.0. The van der Waals surface area contributed by atoms with E-state index in [1.165, 1.54) is 32.4 Å². The molecule has 4 aromatic rings. The number of methoxy groups -OCH3 is 2. The van der Waals surface area contributed by atoms with E-state index in [1.54, 1.807) is 65.6 Å². The van der Waals surface area contributed by atoms with Gasteiger partial charge in [-0.1, -0.05) is 24.3 Å². The summed E-state index contributed by atoms with van der Waals surface area (Å²) in [6, 6.07) is 21.8. The van der Waals surface area contributed by atoms with E-state index >= 15 is 0 Å². The van der Waals surface area contributed by atoms with Gasteiger partial charge in [-0.15, -0.1) is 0 Å². The van der Waals surface area contributed by atoms with Crippen molar-refractivity contribution < 1.29 is 42.5 Å². The number of carbonyl (C=O) groups is 4. The molecule has 3 amide bonds. The molecule has 0 unspecified atom stereocenters. The summed E-state index contributed by atoms with van der Waals surface area (Å²) in [7, 11) is 2.77. The second-order valence-electron chi connectivity index (χ2n) is 11.6. The number of nitrogens with zero attached hydrogens (tertiary/aromatic N) is 1. The minimum Gasteiger partial charge on any atom is -0.496 e. The second-order valence-corrected chi connectivity index (χ2v) is 11.6. The van der Waals surface area contributed by atoms with E-state index in [-0.39, 0.29) is 49.5 Å². The lowest BCUT2D eigenvalue weighted by Gasteiger charge is -2.39. The highest BCUT2D eigenvalue weighted by atomic mass is 19.1. The number of amides is 3. The third kappa shape index (κ3) is 7.48. The van der Waals surface area contributed by atoms with E-state index in [4.69, 9.17) is 18.9 Å². The van der Waals surface area contributed by atoms with Gasteiger partial charge >= 0.3 is 5.97 Å². The zero-order chi connectivity index (χ0) is 34.5. The number of esters is 1. The number of hydrogen-bond acceptors (Lipinski definition) is 8. The van der Waals surface area contributed by atoms with E-state index in [2.05, 4.69) is 10.6 Å². The smallest absolute Gasteiger partial charge is 0.338 e. The average Bonchev–Trinajstić information content (AvgIpc) is 3.12. The van der Waals surface area contributed by atoms with Crippen molar-refractivity contribution in [2.45, 2.75) is 25.1 Å². The molecule has 1 saturated heterocycles. The Morgan fingerprint density at radius 1 is 0.898 bits per heavy atom. The molecule has 6 rings (SSSR count). The summed E-state index contributed by atoms with van der Waals surface area (Å²) < 4.78 is 37.3. The number of hydrogen-bond donors (Lipinski definition) is 2. The van der Waals surface area contributed by atoms with Gasteiger partial charge in [-0.25, -0.2) is 9.18 Å². The molecule has 0 spiro atoms. The van der Waals surface area contributed by atoms with Crippen molar-refractivity contribution in [1.82, 2.24) is 15.5 Å². The molecule has 0 radical (unpaired) electrons. The summed E-state index contributed by atoms with van der Waals surface area (Å²) in [5.41, 5.74) is 2.36. The van der Waals surface area contributed by atoms with Crippen LogP contribution in [0.4, 0.5) is 4.39 Å². The Kier molecular flexibility index (Phi) is 9.74. The van der Waals surface area contributed by atoms with Crippen LogP contribution in [0.15, 0.2) is 84.9 Å². The Bertz CT molecular complexity index is 1910. The van der Waals surface area contributed by atoms with E-state index in [9.17, 15) is 23.6 Å². The lowest BCUT2D eigenvalue weighted by Crippen LogP contribution is -2.58. The Morgan fingerprint density at radius 2 is 1.71 bits per heavy atom. The SMILES string of the molecule is COC(=O)c1ccccc1C(=O)N1CC[C@H]2Oc3cc(F)cc(c3)CNC(=O)COc3cccc(c3)-c3cc(ccc3OC)C(=O)N[C@@H]2C1. The first-order valence-corrected chi connectivity index (χ1v) is 15.6. The van der Waals surface area contributed by atoms with E-state index in [1.807, 2.05) is 6.07 Å². The molecule has 0 aromatic heterocycles. The highest BCUT2D eigenvalue weighted by Gasteiger charge is 2.36. The van der Waals surface area contributed by atoms with Gasteiger partial charge in [-0.05, 0) is 65.7 Å². The molecule has 2 heterocycles. The summed E-state index contributed by atoms with van der Waals surface area (Å²) in [5, 5.41) is 5.77. The Hall–Kier alpha value is -5.91. The van der Waals surface area contributed by atoms with Crippen molar-refractivity contribution in [2.24, 2.45) is 0 Å². The standard InChI is InChI=1S/C37H34FN3O8/c1-46-32-11-10-24-17-30(32)23-6-5-7-26(16-23)48-21-34(42)39-19-22-14-25(38)18-27(15-22)49-33-12-13-41(20-31(33)40-35(24)43)36(44)28-8-3-4-9-29(28)37(45)47-2/h3-11,14-18,31,33H,12-13,19-21H2,1-2H3,(H,39,42)(H,40,43)/t31-,33-/m1/s1. The minimum atomic E-state index is -0.744. The molecule has 49 heavy (non-hydrogen) atoms. The maximum absolute atomic E-state index is 14.8. The third-order valence-corrected chi connectivity index (χ3v) is 8.40. The number of fused-ring (bicyclic) bond motifs is 8. The summed E-state index contributed by atoms with van der Waals surface area (Å²) >= 11 is 0. The molecule has 2 N–H and O–H groups in total. The van der Waals surface area contributed by atoms with Gasteiger partial charge in [0.25, 0.3) is 17.7 Å². The molecule has 2 aliphatic heterocycles. The molecule has 6 bridgehead atoms. The van der Waals surface area contributed by atoms with Crippen molar-refractivity contribution in [3.8, 4) is 28.4 Å². The molecule has 4 aromatic carbocycles. The molecule has 12 heteroatoms. The normalized spacial score (nSPS) is 17.7. The summed E-state index contributed by atoms with van der Waals surface area (Å²) in [6.07, 6.45) is -0.393. The van der Waals surface area contributed by atoms with Gasteiger partial charge in [0.1, 0.15) is 29.2 Å². The molecule has 2 aliphatic rings. The number of likely N-dealkylation sites (tertiary alicyclic amines) is 1. The number of halogens is 1. The summed E-state index contributed by atoms with van der Waals surface area (Å²) in [6.45, 7) is 0.00882. The molecule has 252 valence electrons. The largest absolute Gasteiger partial charge is 0.496 e. The number of piperidine rings is 1. The van der Waals surface area contributed by atoms with Crippen molar-refractivity contribution in [3.63, 3.8) is 0 Å². The number of rotatable bonds is 3. The predicted octanol–water partition coefficient (Wildman–Crippen LogP) is 4.39. The first-order chi connectivity index (χ1) is 23.7. The van der Waals surface area contributed by atoms with Gasteiger partial charge in [0.2, 0.25) is 0 Å². The fourth-order valence-corrected chi connectivity index (χ4v) is 5.97. The Morgan fingerprint density at radius 3 is 2.51 bits per heavy atom. The number of benzene rings is 4. The third-order valence-electron chi connectivity index (χ3n) is 8.40.